The van der Waals surface area contributed by atoms with E-state index in [2.05, 4.69) is 31.3 Å². The van der Waals surface area contributed by atoms with E-state index in [1.807, 2.05) is 6.07 Å². The van der Waals surface area contributed by atoms with Gasteiger partial charge in [-0.15, -0.1) is 0 Å². The van der Waals surface area contributed by atoms with E-state index >= 15 is 0 Å². The maximum atomic E-state index is 5.98. The van der Waals surface area contributed by atoms with Crippen LogP contribution in [0.15, 0.2) is 18.2 Å². The van der Waals surface area contributed by atoms with Gasteiger partial charge in [-0.25, -0.2) is 0 Å². The average molecular weight is 291 g/mol. The number of ether oxygens (including phenoxy) is 2. The molecule has 1 aromatic rings. The van der Waals surface area contributed by atoms with Crippen LogP contribution in [0.2, 0.25) is 0 Å². The van der Waals surface area contributed by atoms with Gasteiger partial charge < -0.3 is 14.8 Å². The summed E-state index contributed by atoms with van der Waals surface area (Å²) in [6.45, 7) is 6.21. The molecule has 0 heterocycles. The lowest BCUT2D eigenvalue weighted by molar-refractivity contribution is 0.240. The lowest BCUT2D eigenvalue weighted by Crippen LogP contribution is -2.19. The summed E-state index contributed by atoms with van der Waals surface area (Å²) in [4.78, 5) is 0. The van der Waals surface area contributed by atoms with Crippen molar-refractivity contribution in [3.63, 3.8) is 0 Å². The van der Waals surface area contributed by atoms with Gasteiger partial charge in [0, 0.05) is 6.04 Å². The molecule has 0 spiro atoms. The zero-order valence-electron chi connectivity index (χ0n) is 13.7. The smallest absolute Gasteiger partial charge is 0.161 e. The van der Waals surface area contributed by atoms with Crippen molar-refractivity contribution in [1.29, 1.82) is 0 Å². The van der Waals surface area contributed by atoms with Crippen molar-refractivity contribution >= 4 is 0 Å². The van der Waals surface area contributed by atoms with Crippen molar-refractivity contribution in [2.24, 2.45) is 5.92 Å². The Bertz CT molecular complexity index is 427. The largest absolute Gasteiger partial charge is 0.493 e. The average Bonchev–Trinajstić information content (AvgIpc) is 3.03. The number of hydrogen-bond acceptors (Lipinski definition) is 3. The molecule has 0 bridgehead atoms. The molecule has 0 saturated heterocycles. The van der Waals surface area contributed by atoms with Crippen molar-refractivity contribution in [3.05, 3.63) is 23.8 Å². The minimum absolute atomic E-state index is 0.336. The molecule has 1 aromatic carbocycles. The highest BCUT2D eigenvalue weighted by atomic mass is 16.5. The fraction of sp³-hybridized carbons (Fsp3) is 0.667. The zero-order valence-corrected chi connectivity index (χ0v) is 13.7. The number of rotatable bonds is 8. The predicted molar refractivity (Wildman–Crippen MR) is 87.2 cm³/mol. The highest BCUT2D eigenvalue weighted by molar-refractivity contribution is 5.43. The van der Waals surface area contributed by atoms with Crippen LogP contribution in [0.4, 0.5) is 0 Å². The summed E-state index contributed by atoms with van der Waals surface area (Å²) in [5, 5.41) is 3.50. The molecule has 1 aliphatic carbocycles. The number of benzene rings is 1. The van der Waals surface area contributed by atoms with Gasteiger partial charge in [0.15, 0.2) is 11.5 Å². The second kappa shape index (κ2) is 8.28. The second-order valence-corrected chi connectivity index (χ2v) is 6.05. The monoisotopic (exact) mass is 291 g/mol. The highest BCUT2D eigenvalue weighted by Crippen LogP contribution is 2.32. The van der Waals surface area contributed by atoms with Gasteiger partial charge in [-0.3, -0.25) is 0 Å². The van der Waals surface area contributed by atoms with E-state index in [-0.39, 0.29) is 0 Å². The molecule has 1 saturated carbocycles. The van der Waals surface area contributed by atoms with Crippen LogP contribution in [0.5, 0.6) is 11.5 Å². The highest BCUT2D eigenvalue weighted by Gasteiger charge is 2.17. The molecule has 1 unspecified atom stereocenters. The van der Waals surface area contributed by atoms with E-state index in [0.29, 0.717) is 6.04 Å². The topological polar surface area (TPSA) is 30.5 Å². The van der Waals surface area contributed by atoms with Gasteiger partial charge in [-0.05, 0) is 56.3 Å². The van der Waals surface area contributed by atoms with Crippen molar-refractivity contribution < 1.29 is 9.47 Å². The lowest BCUT2D eigenvalue weighted by Gasteiger charge is -2.18. The Labute approximate surface area is 129 Å². The van der Waals surface area contributed by atoms with Gasteiger partial charge in [0.25, 0.3) is 0 Å². The molecule has 0 amide bonds. The van der Waals surface area contributed by atoms with E-state index in [1.54, 1.807) is 7.11 Å². The van der Waals surface area contributed by atoms with E-state index in [0.717, 1.165) is 37.0 Å². The Morgan fingerprint density at radius 3 is 2.67 bits per heavy atom. The van der Waals surface area contributed by atoms with Crippen LogP contribution in [0.3, 0.4) is 0 Å². The van der Waals surface area contributed by atoms with Crippen molar-refractivity contribution in [2.45, 2.75) is 52.0 Å². The minimum atomic E-state index is 0.336. The van der Waals surface area contributed by atoms with Gasteiger partial charge in [0.2, 0.25) is 0 Å². The first-order valence-corrected chi connectivity index (χ1v) is 8.28. The Kier molecular flexibility index (Phi) is 6.37. The molecule has 0 radical (unpaired) electrons. The molecule has 3 nitrogen and oxygen atoms in total. The summed E-state index contributed by atoms with van der Waals surface area (Å²) in [6.07, 6.45) is 6.45. The molecular formula is C18H29NO2. The molecule has 1 fully saturated rings. The molecule has 2 rings (SSSR count). The Morgan fingerprint density at radius 2 is 2.00 bits per heavy atom. The van der Waals surface area contributed by atoms with Crippen LogP contribution >= 0.6 is 0 Å². The van der Waals surface area contributed by atoms with Crippen LogP contribution in [0, 0.1) is 5.92 Å². The Hall–Kier alpha value is -1.22. The molecule has 21 heavy (non-hydrogen) atoms. The summed E-state index contributed by atoms with van der Waals surface area (Å²) < 4.78 is 11.5. The second-order valence-electron chi connectivity index (χ2n) is 6.05. The van der Waals surface area contributed by atoms with Crippen molar-refractivity contribution in [2.75, 3.05) is 20.3 Å². The molecule has 0 aromatic heterocycles. The number of hydrogen-bond donors (Lipinski definition) is 1. The number of methoxy groups -OCH3 is 1. The fourth-order valence-electron chi connectivity index (χ4n) is 2.94. The van der Waals surface area contributed by atoms with Crippen LogP contribution in [-0.2, 0) is 0 Å². The van der Waals surface area contributed by atoms with Crippen LogP contribution in [0.1, 0.15) is 57.6 Å². The SMILES string of the molecule is CCCNC(C)c1ccc(OCC2CCCC2)c(OC)c1. The molecule has 1 N–H and O–H groups in total. The molecule has 1 atom stereocenters. The first-order valence-electron chi connectivity index (χ1n) is 8.28. The normalized spacial score (nSPS) is 16.9. The Morgan fingerprint density at radius 1 is 1.24 bits per heavy atom. The Balaban J connectivity index is 1.97. The zero-order chi connectivity index (χ0) is 15.1. The summed E-state index contributed by atoms with van der Waals surface area (Å²) in [6, 6.07) is 6.62. The summed E-state index contributed by atoms with van der Waals surface area (Å²) in [5.74, 6) is 2.44. The minimum Gasteiger partial charge on any atom is -0.493 e. The van der Waals surface area contributed by atoms with Crippen molar-refractivity contribution in [1.82, 2.24) is 5.32 Å². The first kappa shape index (κ1) is 16.2. The van der Waals surface area contributed by atoms with Crippen LogP contribution < -0.4 is 14.8 Å². The third-order valence-electron chi connectivity index (χ3n) is 4.34. The molecule has 1 aliphatic rings. The molecule has 0 aliphatic heterocycles. The number of nitrogens with one attached hydrogen (secondary N) is 1. The van der Waals surface area contributed by atoms with Gasteiger partial charge in [-0.1, -0.05) is 25.8 Å². The van der Waals surface area contributed by atoms with E-state index in [4.69, 9.17) is 9.47 Å². The molecular weight excluding hydrogens is 262 g/mol. The van der Waals surface area contributed by atoms with E-state index in [9.17, 15) is 0 Å². The predicted octanol–water partition coefficient (Wildman–Crippen LogP) is 4.32. The third-order valence-corrected chi connectivity index (χ3v) is 4.34. The van der Waals surface area contributed by atoms with Gasteiger partial charge in [0.1, 0.15) is 0 Å². The van der Waals surface area contributed by atoms with Gasteiger partial charge >= 0.3 is 0 Å². The fourth-order valence-corrected chi connectivity index (χ4v) is 2.94. The maximum absolute atomic E-state index is 5.98. The maximum Gasteiger partial charge on any atom is 0.161 e. The van der Waals surface area contributed by atoms with Crippen LogP contribution in [-0.4, -0.2) is 20.3 Å². The van der Waals surface area contributed by atoms with E-state index < -0.39 is 0 Å². The quantitative estimate of drug-likeness (QED) is 0.773. The van der Waals surface area contributed by atoms with E-state index in [1.165, 1.54) is 31.2 Å². The van der Waals surface area contributed by atoms with Gasteiger partial charge in [-0.2, -0.15) is 0 Å². The van der Waals surface area contributed by atoms with Gasteiger partial charge in [0.05, 0.1) is 13.7 Å². The summed E-state index contributed by atoms with van der Waals surface area (Å²) >= 11 is 0. The summed E-state index contributed by atoms with van der Waals surface area (Å²) in [5.41, 5.74) is 1.24. The molecule has 3 heteroatoms. The standard InChI is InChI=1S/C18H29NO2/c1-4-11-19-14(2)16-9-10-17(18(12-16)20-3)21-13-15-7-5-6-8-15/h9-10,12,14-15,19H,4-8,11,13H2,1-3H3. The van der Waals surface area contributed by atoms with Crippen LogP contribution in [0.25, 0.3) is 0 Å². The third kappa shape index (κ3) is 4.63. The molecule has 118 valence electrons. The summed E-state index contributed by atoms with van der Waals surface area (Å²) in [7, 11) is 1.71. The lowest BCUT2D eigenvalue weighted by atomic mass is 10.1. The van der Waals surface area contributed by atoms with Crippen molar-refractivity contribution in [3.8, 4) is 11.5 Å². The first-order chi connectivity index (χ1) is 10.2.